The number of nitrogen functional groups attached to an aromatic ring is 1. The molecule has 0 radical (unpaired) electrons. The van der Waals surface area contributed by atoms with Gasteiger partial charge in [0.2, 0.25) is 0 Å². The van der Waals surface area contributed by atoms with E-state index in [0.717, 1.165) is 0 Å². The van der Waals surface area contributed by atoms with E-state index in [1.54, 1.807) is 0 Å². The number of carbonyl (C=O) groups excluding carboxylic acids is 1. The van der Waals surface area contributed by atoms with Gasteiger partial charge in [-0.2, -0.15) is 13.2 Å². The number of alkyl halides is 3. The summed E-state index contributed by atoms with van der Waals surface area (Å²) in [6.45, 7) is 0.105. The zero-order valence-electron chi connectivity index (χ0n) is 9.66. The van der Waals surface area contributed by atoms with Crippen LogP contribution in [0.4, 0.5) is 18.9 Å². The second-order valence-electron chi connectivity index (χ2n) is 3.50. The lowest BCUT2D eigenvalue weighted by atomic mass is 10.2. The summed E-state index contributed by atoms with van der Waals surface area (Å²) in [6.07, 6.45) is -1.88. The minimum atomic E-state index is -4.44. The summed E-state index contributed by atoms with van der Waals surface area (Å²) in [5.41, 5.74) is 2.49. The first-order valence-corrected chi connectivity index (χ1v) is 5.15. The van der Waals surface area contributed by atoms with Crippen LogP contribution >= 0.6 is 0 Å². The van der Waals surface area contributed by atoms with Crippen molar-refractivity contribution in [1.82, 2.24) is 9.88 Å². The Bertz CT molecular complexity index is 422. The van der Waals surface area contributed by atoms with E-state index in [2.05, 4.69) is 10.4 Å². The Hall–Kier alpha value is -1.83. The van der Waals surface area contributed by atoms with Crippen molar-refractivity contribution < 1.29 is 18.0 Å². The average molecular weight is 262 g/mol. The number of rotatable bonds is 4. The standard InChI is InChI=1S/C10H13F3N4O/c1-2-17(6-10(11,12)13)9(18)7-5-15-4-3-8(7)16-14/h3-5H,2,6,14H2,1H3,(H,15,16). The number of amides is 1. The molecule has 1 heterocycles. The molecule has 18 heavy (non-hydrogen) atoms. The maximum absolute atomic E-state index is 12.3. The maximum atomic E-state index is 12.3. The van der Waals surface area contributed by atoms with Crippen LogP contribution in [0.1, 0.15) is 17.3 Å². The van der Waals surface area contributed by atoms with Gasteiger partial charge in [-0.25, -0.2) is 0 Å². The lowest BCUT2D eigenvalue weighted by molar-refractivity contribution is -0.140. The van der Waals surface area contributed by atoms with Crippen molar-refractivity contribution in [1.29, 1.82) is 0 Å². The summed E-state index contributed by atoms with van der Waals surface area (Å²) >= 11 is 0. The Kier molecular flexibility index (Phi) is 4.49. The van der Waals surface area contributed by atoms with Crippen molar-refractivity contribution in [2.24, 2.45) is 5.84 Å². The first-order valence-electron chi connectivity index (χ1n) is 5.15. The van der Waals surface area contributed by atoms with Crippen molar-refractivity contribution in [2.75, 3.05) is 18.5 Å². The van der Waals surface area contributed by atoms with Gasteiger partial charge in [-0.05, 0) is 13.0 Å². The molecule has 0 aliphatic heterocycles. The molecular weight excluding hydrogens is 249 g/mol. The van der Waals surface area contributed by atoms with E-state index in [0.29, 0.717) is 4.90 Å². The van der Waals surface area contributed by atoms with Crippen LogP contribution in [-0.4, -0.2) is 35.1 Å². The smallest absolute Gasteiger partial charge is 0.330 e. The number of carbonyl (C=O) groups is 1. The van der Waals surface area contributed by atoms with Crippen molar-refractivity contribution in [2.45, 2.75) is 13.1 Å². The Morgan fingerprint density at radius 1 is 1.56 bits per heavy atom. The Balaban J connectivity index is 2.97. The summed E-state index contributed by atoms with van der Waals surface area (Å²) < 4.78 is 36.9. The number of halogens is 3. The highest BCUT2D eigenvalue weighted by molar-refractivity contribution is 5.99. The molecule has 0 aliphatic rings. The molecule has 0 aromatic carbocycles. The Morgan fingerprint density at radius 3 is 2.72 bits per heavy atom. The van der Waals surface area contributed by atoms with Gasteiger partial charge in [-0.3, -0.25) is 15.6 Å². The summed E-state index contributed by atoms with van der Waals surface area (Å²) in [6, 6.07) is 1.41. The van der Waals surface area contributed by atoms with Gasteiger partial charge < -0.3 is 10.3 Å². The third-order valence-corrected chi connectivity index (χ3v) is 2.25. The first-order chi connectivity index (χ1) is 8.39. The Labute approximate surface area is 102 Å². The van der Waals surface area contributed by atoms with E-state index in [-0.39, 0.29) is 17.8 Å². The molecule has 0 unspecified atom stereocenters. The monoisotopic (exact) mass is 262 g/mol. The van der Waals surface area contributed by atoms with E-state index >= 15 is 0 Å². The van der Waals surface area contributed by atoms with Gasteiger partial charge in [-0.15, -0.1) is 0 Å². The van der Waals surface area contributed by atoms with E-state index in [4.69, 9.17) is 5.84 Å². The predicted molar refractivity (Wildman–Crippen MR) is 59.7 cm³/mol. The fourth-order valence-electron chi connectivity index (χ4n) is 1.40. The molecule has 0 saturated carbocycles. The van der Waals surface area contributed by atoms with Gasteiger partial charge in [0, 0.05) is 18.9 Å². The largest absolute Gasteiger partial charge is 0.406 e. The minimum Gasteiger partial charge on any atom is -0.330 e. The zero-order chi connectivity index (χ0) is 13.8. The number of anilines is 1. The summed E-state index contributed by atoms with van der Waals surface area (Å²) in [5, 5.41) is 0. The SMILES string of the molecule is CCN(CC(F)(F)F)C(=O)c1cnccc1NN. The molecule has 100 valence electrons. The predicted octanol–water partition coefficient (Wildman–Crippen LogP) is 1.39. The van der Waals surface area contributed by atoms with Crippen LogP contribution in [0.3, 0.4) is 0 Å². The lowest BCUT2D eigenvalue weighted by Crippen LogP contribution is -2.39. The highest BCUT2D eigenvalue weighted by atomic mass is 19.4. The number of hydrazine groups is 1. The third-order valence-electron chi connectivity index (χ3n) is 2.25. The number of pyridine rings is 1. The number of hydrogen-bond acceptors (Lipinski definition) is 4. The second kappa shape index (κ2) is 5.67. The highest BCUT2D eigenvalue weighted by Crippen LogP contribution is 2.20. The van der Waals surface area contributed by atoms with Crippen LogP contribution in [0.25, 0.3) is 0 Å². The molecule has 0 bridgehead atoms. The molecule has 0 fully saturated rings. The fourth-order valence-corrected chi connectivity index (χ4v) is 1.40. The molecular formula is C10H13F3N4O. The normalized spacial score (nSPS) is 11.2. The molecule has 0 aliphatic carbocycles. The molecule has 0 spiro atoms. The Morgan fingerprint density at radius 2 is 2.22 bits per heavy atom. The molecule has 1 aromatic rings. The number of nitrogens with one attached hydrogen (secondary N) is 1. The number of hydrogen-bond donors (Lipinski definition) is 2. The van der Waals surface area contributed by atoms with Crippen molar-refractivity contribution in [3.05, 3.63) is 24.0 Å². The van der Waals surface area contributed by atoms with E-state index in [1.165, 1.54) is 25.4 Å². The topological polar surface area (TPSA) is 71.2 Å². The van der Waals surface area contributed by atoms with Gasteiger partial charge in [0.25, 0.3) is 5.91 Å². The third kappa shape index (κ3) is 3.59. The van der Waals surface area contributed by atoms with E-state index in [1.807, 2.05) is 0 Å². The molecule has 0 atom stereocenters. The van der Waals surface area contributed by atoms with Gasteiger partial charge in [-0.1, -0.05) is 0 Å². The van der Waals surface area contributed by atoms with Crippen molar-refractivity contribution in [3.63, 3.8) is 0 Å². The summed E-state index contributed by atoms with van der Waals surface area (Å²) in [4.78, 5) is 16.3. The number of aromatic nitrogens is 1. The van der Waals surface area contributed by atoms with Crippen LogP contribution in [-0.2, 0) is 0 Å². The molecule has 0 saturated heterocycles. The van der Waals surface area contributed by atoms with Crippen LogP contribution in [0.2, 0.25) is 0 Å². The fraction of sp³-hybridized carbons (Fsp3) is 0.400. The van der Waals surface area contributed by atoms with E-state index < -0.39 is 18.6 Å². The highest BCUT2D eigenvalue weighted by Gasteiger charge is 2.33. The molecule has 5 nitrogen and oxygen atoms in total. The van der Waals surface area contributed by atoms with Crippen LogP contribution in [0, 0.1) is 0 Å². The molecule has 1 amide bonds. The minimum absolute atomic E-state index is 0.00565. The van der Waals surface area contributed by atoms with Crippen molar-refractivity contribution in [3.8, 4) is 0 Å². The van der Waals surface area contributed by atoms with E-state index in [9.17, 15) is 18.0 Å². The molecule has 3 N–H and O–H groups in total. The average Bonchev–Trinajstić information content (AvgIpc) is 2.34. The van der Waals surface area contributed by atoms with Crippen molar-refractivity contribution >= 4 is 11.6 Å². The summed E-state index contributed by atoms with van der Waals surface area (Å²) in [7, 11) is 0. The maximum Gasteiger partial charge on any atom is 0.406 e. The van der Waals surface area contributed by atoms with Gasteiger partial charge in [0.1, 0.15) is 6.54 Å². The molecule has 1 rings (SSSR count). The molecule has 1 aromatic heterocycles. The summed E-state index contributed by atoms with van der Waals surface area (Å²) in [5.74, 6) is 4.42. The molecule has 8 heteroatoms. The number of nitrogens with two attached hydrogens (primary N) is 1. The van der Waals surface area contributed by atoms with Crippen LogP contribution in [0.15, 0.2) is 18.5 Å². The lowest BCUT2D eigenvalue weighted by Gasteiger charge is -2.23. The number of nitrogens with zero attached hydrogens (tertiary/aromatic N) is 2. The second-order valence-corrected chi connectivity index (χ2v) is 3.50. The quantitative estimate of drug-likeness (QED) is 0.635. The first kappa shape index (κ1) is 14.2. The van der Waals surface area contributed by atoms with Gasteiger partial charge in [0.05, 0.1) is 11.3 Å². The zero-order valence-corrected chi connectivity index (χ0v) is 9.66. The van der Waals surface area contributed by atoms with Crippen LogP contribution in [0.5, 0.6) is 0 Å². The van der Waals surface area contributed by atoms with Crippen LogP contribution < -0.4 is 11.3 Å². The van der Waals surface area contributed by atoms with Gasteiger partial charge >= 0.3 is 6.18 Å². The van der Waals surface area contributed by atoms with Gasteiger partial charge in [0.15, 0.2) is 0 Å².